The summed E-state index contributed by atoms with van der Waals surface area (Å²) < 4.78 is 0. The van der Waals surface area contributed by atoms with Crippen molar-refractivity contribution in [2.24, 2.45) is 11.7 Å². The number of carbonyl (C=O) groups excluding carboxylic acids is 1. The van der Waals surface area contributed by atoms with Crippen molar-refractivity contribution < 1.29 is 4.79 Å². The number of hydrogen-bond donors (Lipinski definition) is 3. The van der Waals surface area contributed by atoms with Crippen LogP contribution in [0.15, 0.2) is 36.4 Å². The summed E-state index contributed by atoms with van der Waals surface area (Å²) in [5, 5.41) is 5.96. The van der Waals surface area contributed by atoms with Crippen molar-refractivity contribution in [2.75, 3.05) is 17.2 Å². The molecule has 4 nitrogen and oxygen atoms in total. The number of allylic oxidation sites excluding steroid dienone is 2. The smallest absolute Gasteiger partial charge is 0.316 e. The molecule has 0 aromatic heterocycles. The number of carbonyl (C=O) groups is 1. The second kappa shape index (κ2) is 6.10. The fraction of sp³-hybridized carbons (Fsp3) is 0.357. The van der Waals surface area contributed by atoms with Gasteiger partial charge in [-0.25, -0.2) is 4.79 Å². The number of anilines is 2. The van der Waals surface area contributed by atoms with Crippen LogP contribution >= 0.6 is 0 Å². The van der Waals surface area contributed by atoms with Crippen LogP contribution in [-0.4, -0.2) is 12.6 Å². The third-order valence-corrected chi connectivity index (χ3v) is 3.12. The summed E-state index contributed by atoms with van der Waals surface area (Å²) in [6.45, 7) is 0.993. The highest BCUT2D eigenvalue weighted by atomic mass is 16.2. The van der Waals surface area contributed by atoms with E-state index in [1.807, 2.05) is 24.3 Å². The van der Waals surface area contributed by atoms with E-state index in [0.717, 1.165) is 24.6 Å². The summed E-state index contributed by atoms with van der Waals surface area (Å²) in [5.74, 6) is 0.721. The molecule has 0 heterocycles. The van der Waals surface area contributed by atoms with E-state index in [1.165, 1.54) is 12.8 Å². The number of primary amides is 1. The van der Waals surface area contributed by atoms with E-state index in [1.54, 1.807) is 0 Å². The van der Waals surface area contributed by atoms with Crippen LogP contribution in [0, 0.1) is 5.92 Å². The van der Waals surface area contributed by atoms with Crippen molar-refractivity contribution in [3.63, 3.8) is 0 Å². The monoisotopic (exact) mass is 245 g/mol. The summed E-state index contributed by atoms with van der Waals surface area (Å²) in [6, 6.07) is 7.04. The molecular weight excluding hydrogens is 226 g/mol. The third kappa shape index (κ3) is 3.80. The Morgan fingerprint density at radius 1 is 1.22 bits per heavy atom. The lowest BCUT2D eigenvalue weighted by atomic mass is 9.94. The normalized spacial score (nSPS) is 18.3. The zero-order valence-electron chi connectivity index (χ0n) is 10.4. The largest absolute Gasteiger partial charge is 0.385 e. The molecule has 0 spiro atoms. The summed E-state index contributed by atoms with van der Waals surface area (Å²) >= 11 is 0. The average molecular weight is 245 g/mol. The number of benzene rings is 1. The Labute approximate surface area is 107 Å². The first-order valence-electron chi connectivity index (χ1n) is 6.29. The summed E-state index contributed by atoms with van der Waals surface area (Å²) in [6.07, 6.45) is 8.11. The maximum Gasteiger partial charge on any atom is 0.316 e. The average Bonchev–Trinajstić information content (AvgIpc) is 2.38. The fourth-order valence-electron chi connectivity index (χ4n) is 2.12. The lowest BCUT2D eigenvalue weighted by Gasteiger charge is -2.18. The molecule has 0 bridgehead atoms. The Balaban J connectivity index is 1.82. The van der Waals surface area contributed by atoms with E-state index < -0.39 is 6.03 Å². The summed E-state index contributed by atoms with van der Waals surface area (Å²) in [4.78, 5) is 10.7. The number of nitrogens with one attached hydrogen (secondary N) is 2. The summed E-state index contributed by atoms with van der Waals surface area (Å²) in [5.41, 5.74) is 6.83. The highest BCUT2D eigenvalue weighted by molar-refractivity contribution is 5.87. The van der Waals surface area contributed by atoms with Crippen molar-refractivity contribution >= 4 is 17.4 Å². The molecule has 1 aromatic rings. The molecule has 1 aliphatic rings. The number of hydrogen-bond acceptors (Lipinski definition) is 2. The molecule has 0 radical (unpaired) electrons. The van der Waals surface area contributed by atoms with Crippen LogP contribution in [0.5, 0.6) is 0 Å². The number of amides is 2. The number of urea groups is 1. The Morgan fingerprint density at radius 2 is 1.94 bits per heavy atom. The van der Waals surface area contributed by atoms with Crippen molar-refractivity contribution in [3.8, 4) is 0 Å². The first-order valence-corrected chi connectivity index (χ1v) is 6.29. The highest BCUT2D eigenvalue weighted by Crippen LogP contribution is 2.19. The first-order chi connectivity index (χ1) is 8.74. The molecule has 18 heavy (non-hydrogen) atoms. The van der Waals surface area contributed by atoms with Crippen molar-refractivity contribution in [1.82, 2.24) is 0 Å². The zero-order valence-corrected chi connectivity index (χ0v) is 10.4. The van der Waals surface area contributed by atoms with Crippen LogP contribution in [0.2, 0.25) is 0 Å². The Hall–Kier alpha value is -1.97. The molecule has 0 aliphatic heterocycles. The van der Waals surface area contributed by atoms with Crippen LogP contribution in [0.1, 0.15) is 19.3 Å². The van der Waals surface area contributed by atoms with Crippen LogP contribution in [0.4, 0.5) is 16.2 Å². The molecule has 1 atom stereocenters. The molecule has 0 saturated heterocycles. The van der Waals surface area contributed by atoms with Crippen molar-refractivity contribution in [3.05, 3.63) is 36.4 Å². The van der Waals surface area contributed by atoms with E-state index in [0.29, 0.717) is 5.69 Å². The van der Waals surface area contributed by atoms with Gasteiger partial charge in [-0.3, -0.25) is 0 Å². The summed E-state index contributed by atoms with van der Waals surface area (Å²) in [7, 11) is 0. The molecule has 2 rings (SSSR count). The van der Waals surface area contributed by atoms with Crippen molar-refractivity contribution in [1.29, 1.82) is 0 Å². The minimum Gasteiger partial charge on any atom is -0.385 e. The highest BCUT2D eigenvalue weighted by Gasteiger charge is 2.09. The second-order valence-electron chi connectivity index (χ2n) is 4.60. The maximum absolute atomic E-state index is 10.7. The minimum absolute atomic E-state index is 0.537. The van der Waals surface area contributed by atoms with Gasteiger partial charge in [0.2, 0.25) is 0 Å². The topological polar surface area (TPSA) is 67.2 Å². The Morgan fingerprint density at radius 3 is 2.56 bits per heavy atom. The van der Waals surface area contributed by atoms with Gasteiger partial charge in [-0.15, -0.1) is 0 Å². The van der Waals surface area contributed by atoms with Crippen LogP contribution in [0.25, 0.3) is 0 Å². The Kier molecular flexibility index (Phi) is 4.23. The van der Waals surface area contributed by atoms with Crippen LogP contribution in [-0.2, 0) is 0 Å². The van der Waals surface area contributed by atoms with Crippen LogP contribution in [0.3, 0.4) is 0 Å². The predicted molar refractivity (Wildman–Crippen MR) is 74.6 cm³/mol. The second-order valence-corrected chi connectivity index (χ2v) is 4.60. The molecule has 0 fully saturated rings. The maximum atomic E-state index is 10.7. The van der Waals surface area contributed by atoms with Gasteiger partial charge in [0.1, 0.15) is 0 Å². The lowest BCUT2D eigenvalue weighted by molar-refractivity contribution is 0.259. The molecule has 1 unspecified atom stereocenters. The molecule has 96 valence electrons. The molecule has 0 saturated carbocycles. The van der Waals surface area contributed by atoms with Gasteiger partial charge in [0, 0.05) is 17.9 Å². The van der Waals surface area contributed by atoms with E-state index in [9.17, 15) is 4.79 Å². The molecule has 2 amide bonds. The van der Waals surface area contributed by atoms with E-state index in [2.05, 4.69) is 22.8 Å². The molecule has 1 aliphatic carbocycles. The van der Waals surface area contributed by atoms with Gasteiger partial charge in [0.25, 0.3) is 0 Å². The van der Waals surface area contributed by atoms with E-state index in [4.69, 9.17) is 5.73 Å². The van der Waals surface area contributed by atoms with Gasteiger partial charge < -0.3 is 16.4 Å². The zero-order chi connectivity index (χ0) is 12.8. The quantitative estimate of drug-likeness (QED) is 0.714. The molecule has 4 N–H and O–H groups in total. The minimum atomic E-state index is -0.537. The molecular formula is C14H19N3O. The van der Waals surface area contributed by atoms with Gasteiger partial charge in [0.05, 0.1) is 0 Å². The first kappa shape index (κ1) is 12.5. The fourth-order valence-corrected chi connectivity index (χ4v) is 2.12. The third-order valence-electron chi connectivity index (χ3n) is 3.12. The predicted octanol–water partition coefficient (Wildman–Crippen LogP) is 2.95. The Bertz CT molecular complexity index is 425. The van der Waals surface area contributed by atoms with Gasteiger partial charge in [0.15, 0.2) is 0 Å². The van der Waals surface area contributed by atoms with E-state index in [-0.39, 0.29) is 0 Å². The number of rotatable bonds is 4. The van der Waals surface area contributed by atoms with Gasteiger partial charge in [-0.05, 0) is 49.4 Å². The standard InChI is InChI=1S/C14H19N3O/c15-14(18)17-13-8-6-12(7-9-13)16-10-11-4-2-1-3-5-11/h1-2,6-9,11,16H,3-5,10H2,(H3,15,17,18). The number of nitrogens with two attached hydrogens (primary N) is 1. The lowest BCUT2D eigenvalue weighted by Crippen LogP contribution is -2.19. The van der Waals surface area contributed by atoms with Crippen molar-refractivity contribution in [2.45, 2.75) is 19.3 Å². The van der Waals surface area contributed by atoms with Gasteiger partial charge in [-0.1, -0.05) is 12.2 Å². The molecule has 1 aromatic carbocycles. The molecule has 4 heteroatoms. The van der Waals surface area contributed by atoms with E-state index >= 15 is 0 Å². The van der Waals surface area contributed by atoms with Gasteiger partial charge in [-0.2, -0.15) is 0 Å². The van der Waals surface area contributed by atoms with Crippen LogP contribution < -0.4 is 16.4 Å². The van der Waals surface area contributed by atoms with Gasteiger partial charge >= 0.3 is 6.03 Å². The SMILES string of the molecule is NC(=O)Nc1ccc(NCC2CC=CCC2)cc1.